The first kappa shape index (κ1) is 116. The number of para-hydroxylation sites is 11. The number of hydrogen-bond donors (Lipinski definition) is 3. The van der Waals surface area contributed by atoms with E-state index in [1.54, 1.807) is 239 Å². The molecule has 27 nitrogen and oxygen atoms in total. The van der Waals surface area contributed by atoms with E-state index in [4.69, 9.17) is 83.2 Å². The van der Waals surface area contributed by atoms with Crippen LogP contribution in [0.2, 0.25) is 0 Å². The van der Waals surface area contributed by atoms with E-state index >= 15 is 0 Å². The summed E-state index contributed by atoms with van der Waals surface area (Å²) in [6.07, 6.45) is -6.26. The molecule has 45 heteroatoms. The zero-order valence-corrected chi connectivity index (χ0v) is 84.7. The number of nitrogen functional groups attached to an aromatic ring is 1. The van der Waals surface area contributed by atoms with Crippen molar-refractivity contribution in [2.45, 2.75) is 164 Å². The van der Waals surface area contributed by atoms with Gasteiger partial charge in [-0.2, -0.15) is 67.1 Å². The molecule has 0 saturated carbocycles. The van der Waals surface area contributed by atoms with Crippen LogP contribution in [0.3, 0.4) is 0 Å². The first-order valence-electron chi connectivity index (χ1n) is 42.5. The number of furan rings is 3. The van der Waals surface area contributed by atoms with Gasteiger partial charge in [-0.15, -0.1) is 57.2 Å². The number of hydrogen-bond acceptors (Lipinski definition) is 25. The molecular formula is C100H92Cl3F11N10O17S4. The monoisotopic (exact) mass is 2150 g/mol. The largest absolute Gasteiger partial charge is 0.478 e. The molecule has 0 bridgehead atoms. The van der Waals surface area contributed by atoms with Crippen molar-refractivity contribution in [1.29, 1.82) is 5.26 Å². The van der Waals surface area contributed by atoms with Crippen LogP contribution < -0.4 is 5.73 Å². The summed E-state index contributed by atoms with van der Waals surface area (Å²) in [5.74, 6) is -4.34. The molecule has 0 radical (unpaired) electrons. The lowest BCUT2D eigenvalue weighted by Crippen LogP contribution is -2.25. The highest BCUT2D eigenvalue weighted by Crippen LogP contribution is 2.43. The fourth-order valence-electron chi connectivity index (χ4n) is 13.3. The van der Waals surface area contributed by atoms with Crippen molar-refractivity contribution in [3.05, 3.63) is 254 Å². The molecule has 4 N–H and O–H groups in total. The van der Waals surface area contributed by atoms with Crippen molar-refractivity contribution in [3.8, 4) is 40.2 Å². The lowest BCUT2D eigenvalue weighted by Gasteiger charge is -2.20. The van der Waals surface area contributed by atoms with Gasteiger partial charge in [-0.3, -0.25) is 47.0 Å². The Bertz CT molecular complexity index is 7400. The summed E-state index contributed by atoms with van der Waals surface area (Å²) in [6.45, 7) is 10.7. The molecule has 0 saturated heterocycles. The number of halogens is 14. The number of esters is 3. The van der Waals surface area contributed by atoms with Gasteiger partial charge >= 0.3 is 56.3 Å². The molecule has 17 aromatic rings. The number of carboxylic acid groups (broad SMARTS) is 1. The number of carbonyl (C=O) groups is 9. The van der Waals surface area contributed by atoms with Crippen LogP contribution in [0, 0.1) is 11.3 Å². The Hall–Kier alpha value is -13.9. The predicted molar refractivity (Wildman–Crippen MR) is 538 cm³/mol. The molecule has 0 aliphatic heterocycles. The SMILES string of the molecule is CC(=O)c1nc2ccccc2n1C(F)F.CC(C)(C)O.CC(C)(C)OC(=O)CC#N.CC(C)(C)OC(=O)c1c(-c2nc3ccccc3n2C(F)F)csc1CC(=O)c1cc2ccccc2o1.CC(C)(C)OC(=O)c1c(-c2nc3ccccc3n2C(F)F)csc1N.ClCCl.O=C(Cc1scc(-c2nc3ccccc3n2C(F)F)c1C(=O)O)c1cc2ccccc2o1.O=C(Cl)c1cc2ccccc2o1.O=CC(F)(F)F.S. The molecule has 10 heterocycles. The fraction of sp³-hybridized carbons (Fsp3) is 0.260. The molecule has 766 valence electrons. The molecule has 0 amide bonds. The summed E-state index contributed by atoms with van der Waals surface area (Å²) in [5.41, 5.74) is 8.07. The highest BCUT2D eigenvalue weighted by Gasteiger charge is 2.35. The number of Topliss-reactive ketones (excluding diaryl/α,β-unsaturated/α-hetero) is 3. The second-order valence-corrected chi connectivity index (χ2v) is 38.2. The summed E-state index contributed by atoms with van der Waals surface area (Å²) >= 11 is 18.0. The third-order valence-corrected chi connectivity index (χ3v) is 21.6. The first-order valence-corrected chi connectivity index (χ1v) is 46.6. The Labute approximate surface area is 853 Å². The smallest absolute Gasteiger partial charge is 0.446 e. The van der Waals surface area contributed by atoms with Crippen LogP contribution in [-0.4, -0.2) is 135 Å². The Kier molecular flexibility index (Phi) is 40.5. The highest BCUT2D eigenvalue weighted by molar-refractivity contribution is 7.59. The highest BCUT2D eigenvalue weighted by atomic mass is 35.5. The Morgan fingerprint density at radius 1 is 0.469 bits per heavy atom. The number of thiophene rings is 3. The van der Waals surface area contributed by atoms with Crippen LogP contribution in [-0.2, 0) is 36.6 Å². The van der Waals surface area contributed by atoms with E-state index in [2.05, 4.69) is 19.9 Å². The van der Waals surface area contributed by atoms with Gasteiger partial charge in [-0.05, 0) is 180 Å². The maximum absolute atomic E-state index is 14.2. The maximum atomic E-state index is 14.2. The van der Waals surface area contributed by atoms with Crippen LogP contribution >= 0.6 is 82.3 Å². The summed E-state index contributed by atoms with van der Waals surface area (Å²) in [5, 5.41) is 33.3. The van der Waals surface area contributed by atoms with Crippen molar-refractivity contribution >= 4 is 217 Å². The van der Waals surface area contributed by atoms with E-state index in [1.807, 2.05) is 36.4 Å². The zero-order valence-electron chi connectivity index (χ0n) is 79.0. The summed E-state index contributed by atoms with van der Waals surface area (Å²) < 4.78 is 175. The normalized spacial score (nSPS) is 11.4. The number of imidazole rings is 4. The van der Waals surface area contributed by atoms with Crippen LogP contribution in [0.1, 0.15) is 206 Å². The number of carbonyl (C=O) groups excluding carboxylic acids is 8. The van der Waals surface area contributed by atoms with Gasteiger partial charge in [0.2, 0.25) is 17.9 Å². The minimum Gasteiger partial charge on any atom is -0.478 e. The standard InChI is InChI=1S/C27H22F2N2O4S.C23H14F2N2O4S.C17H17F2N3O2S.C10H8F2N2O.C9H5ClO2.C7H11NO2.C4H10O.C2HF3O.CH2Cl2.H2S/c1-27(2,3)35-25(33)23-16(24-30-17-9-5-6-10-18(17)31(24)26(28)29)14-36-22(23)13-19(32)21-12-15-8-4-7-11-20(15)34-21;24-23(25)27-15-7-3-2-6-14(15)26-21(27)13-11-32-19(20(13)22(29)30)10-16(28)18-9-12-5-1-4-8-17(12)31-18;1-17(2,3)24-15(23)12-9(8-25-13(12)20)14-21-10-6-4-5-7-11(10)22(14)16(18)19;1-6(15)9-13-7-4-2-3-5-8(7)14(9)10(11)12;10-9(11)8-5-6-3-1-2-4-7(6)12-8;1-7(2,3)10-6(9)4-5-8;1-4(2,3)5;3-2(4,5)1-6;2-1-3;/h4-12,14,26H,13H2,1-3H3;1-9,11,23H,10H2,(H,29,30);4-8,16H,20H2,1-3H3;2-5,10H,1H3;1-5H;4H2,1-3H3;5H,1-3H3;1H;1H2;1H2. The van der Waals surface area contributed by atoms with Crippen LogP contribution in [0.25, 0.3) is 111 Å². The van der Waals surface area contributed by atoms with E-state index in [0.29, 0.717) is 52.8 Å². The number of rotatable bonds is 19. The van der Waals surface area contributed by atoms with Crippen LogP contribution in [0.5, 0.6) is 0 Å². The lowest BCUT2D eigenvalue weighted by atomic mass is 10.1. The zero-order chi connectivity index (χ0) is 107. The third-order valence-electron chi connectivity index (χ3n) is 18.6. The van der Waals surface area contributed by atoms with E-state index < -0.39 is 102 Å². The number of ketones is 3. The number of nitrogens with zero attached hydrogens (tertiary/aromatic N) is 9. The number of alkyl halides is 13. The van der Waals surface area contributed by atoms with Gasteiger partial charge in [0.25, 0.3) is 5.24 Å². The van der Waals surface area contributed by atoms with Crippen molar-refractivity contribution in [2.24, 2.45) is 0 Å². The molecule has 0 unspecified atom stereocenters. The van der Waals surface area contributed by atoms with Gasteiger partial charge in [0.05, 0.1) is 72.3 Å². The Morgan fingerprint density at radius 2 is 0.759 bits per heavy atom. The van der Waals surface area contributed by atoms with E-state index in [0.717, 1.165) is 59.3 Å². The van der Waals surface area contributed by atoms with E-state index in [-0.39, 0.29) is 150 Å². The number of aldehydes is 1. The van der Waals surface area contributed by atoms with Crippen molar-refractivity contribution in [1.82, 2.24) is 38.2 Å². The fourth-order valence-corrected chi connectivity index (χ4v) is 16.2. The number of aromatic nitrogens is 8. The number of ether oxygens (including phenoxy) is 3. The van der Waals surface area contributed by atoms with Crippen LogP contribution in [0.15, 0.2) is 217 Å². The minimum absolute atomic E-state index is 0. The molecule has 10 aromatic heterocycles. The van der Waals surface area contributed by atoms with Gasteiger partial charge in [0.15, 0.2) is 28.9 Å². The Morgan fingerprint density at radius 3 is 1.08 bits per heavy atom. The molecule has 7 aromatic carbocycles. The van der Waals surface area contributed by atoms with E-state index in [9.17, 15) is 91.8 Å². The minimum atomic E-state index is -4.64. The number of nitriles is 1. The molecule has 0 fully saturated rings. The molecule has 0 aliphatic rings. The number of carboxylic acids is 1. The average molecular weight is 2150 g/mol. The predicted octanol–water partition coefficient (Wildman–Crippen LogP) is 27.8. The van der Waals surface area contributed by atoms with Gasteiger partial charge in [-0.25, -0.2) is 34.3 Å². The molecule has 0 aliphatic carbocycles. The number of aromatic carboxylic acids is 1. The van der Waals surface area contributed by atoms with Crippen LogP contribution in [0.4, 0.5) is 53.3 Å². The number of nitrogens with two attached hydrogens (primary N) is 1. The molecular weight excluding hydrogens is 2060 g/mol. The van der Waals surface area contributed by atoms with Gasteiger partial charge in [0.1, 0.15) is 68.0 Å². The van der Waals surface area contributed by atoms with E-state index in [1.165, 1.54) is 24.4 Å². The Balaban J connectivity index is 0.000000216. The number of fused-ring (bicyclic) bond motifs is 7. The topological polar surface area (TPSA) is 382 Å². The van der Waals surface area contributed by atoms with Crippen molar-refractivity contribution < 1.29 is 129 Å². The number of aliphatic hydroxyl groups is 1. The lowest BCUT2D eigenvalue weighted by molar-refractivity contribution is -0.156. The second kappa shape index (κ2) is 50.5. The van der Waals surface area contributed by atoms with Gasteiger partial charge in [0, 0.05) is 78.5 Å². The summed E-state index contributed by atoms with van der Waals surface area (Å²) in [6, 6.07) is 54.2. The molecule has 0 spiro atoms. The third kappa shape index (κ3) is 31.8. The quantitative estimate of drug-likeness (QED) is 0.0129. The van der Waals surface area contributed by atoms with Gasteiger partial charge in [-0.1, -0.05) is 103 Å². The molecule has 145 heavy (non-hydrogen) atoms. The second-order valence-electron chi connectivity index (χ2n) is 34.2. The average Bonchev–Trinajstić information content (AvgIpc) is 1.61. The first-order chi connectivity index (χ1) is 67.6. The summed E-state index contributed by atoms with van der Waals surface area (Å²) in [7, 11) is 0. The summed E-state index contributed by atoms with van der Waals surface area (Å²) in [4.78, 5) is 122. The molecule has 0 atom stereocenters. The van der Waals surface area contributed by atoms with Gasteiger partial charge < -0.3 is 43.4 Å². The van der Waals surface area contributed by atoms with Crippen molar-refractivity contribution in [2.75, 3.05) is 11.1 Å². The van der Waals surface area contributed by atoms with Crippen molar-refractivity contribution in [3.63, 3.8) is 0 Å². The maximum Gasteiger partial charge on any atom is 0.446 e. The number of benzene rings is 7. The molecule has 17 rings (SSSR count). The number of anilines is 1.